The number of methoxy groups -OCH3 is 1. The van der Waals surface area contributed by atoms with Gasteiger partial charge in [0.25, 0.3) is 7.52 Å². The van der Waals surface area contributed by atoms with E-state index in [1.807, 2.05) is 6.92 Å². The third kappa shape index (κ3) is 7.81. The summed E-state index contributed by atoms with van der Waals surface area (Å²) in [4.78, 5) is 43.3. The number of ether oxygens (including phenoxy) is 2. The Labute approximate surface area is 206 Å². The lowest BCUT2D eigenvalue weighted by Gasteiger charge is -2.37. The van der Waals surface area contributed by atoms with Crippen molar-refractivity contribution in [1.82, 2.24) is 24.2 Å². The van der Waals surface area contributed by atoms with Crippen LogP contribution >= 0.6 is 7.52 Å². The average Bonchev–Trinajstić information content (AvgIpc) is 3.25. The van der Waals surface area contributed by atoms with Gasteiger partial charge in [0.05, 0.1) is 32.7 Å². The third-order valence-corrected chi connectivity index (χ3v) is 7.37. The molecule has 0 unspecified atom stereocenters. The van der Waals surface area contributed by atoms with Crippen molar-refractivity contribution in [3.8, 4) is 0 Å². The molecule has 0 aromatic carbocycles. The molecule has 0 amide bonds. The van der Waals surface area contributed by atoms with Crippen molar-refractivity contribution >= 4 is 42.4 Å². The predicted octanol–water partition coefficient (Wildman–Crippen LogP) is 0.960. The normalized spacial score (nSPS) is 19.9. The summed E-state index contributed by atoms with van der Waals surface area (Å²) < 4.78 is 32.8. The summed E-state index contributed by atoms with van der Waals surface area (Å²) in [7, 11) is -2.00. The standard InChI is InChI=1S/C16H25N6O5P.C4H4O4/c1-11(7-21-9-20-13-14(17)18-8-19-15(13)21)26-10-28(24)22(5-4-6-27-28)12(2)16(23)25-3;5-3(6)1-2-4(7)8/h8-9,11-12H,4-7,10H2,1-3H3,(H2,17,18,19);1-2H,(H,5,6)(H,7,8)/b;2-1+/t11-,12+,28-;/m1./s1. The Bertz CT molecular complexity index is 1140. The number of carbonyl (C=O) groups excluding carboxylic acids is 1. The summed E-state index contributed by atoms with van der Waals surface area (Å²) in [6.45, 7) is 4.77. The zero-order valence-corrected chi connectivity index (χ0v) is 20.9. The summed E-state index contributed by atoms with van der Waals surface area (Å²) in [5.41, 5.74) is 6.92. The molecule has 1 saturated heterocycles. The number of nitrogens with two attached hydrogens (primary N) is 1. The molecule has 2 aromatic heterocycles. The first-order chi connectivity index (χ1) is 17.0. The van der Waals surface area contributed by atoms with Gasteiger partial charge in [0.2, 0.25) is 0 Å². The summed E-state index contributed by atoms with van der Waals surface area (Å²) in [5, 5.41) is 15.6. The third-order valence-electron chi connectivity index (χ3n) is 4.98. The minimum absolute atomic E-state index is 0.126. The van der Waals surface area contributed by atoms with Crippen molar-refractivity contribution in [1.29, 1.82) is 0 Å². The fraction of sp³-hybridized carbons (Fsp3) is 0.500. The first kappa shape index (κ1) is 28.8. The number of anilines is 1. The Morgan fingerprint density at radius 2 is 1.89 bits per heavy atom. The van der Waals surface area contributed by atoms with E-state index in [1.165, 1.54) is 13.4 Å². The molecule has 198 valence electrons. The maximum absolute atomic E-state index is 13.3. The smallest absolute Gasteiger partial charge is 0.328 e. The van der Waals surface area contributed by atoms with Crippen LogP contribution in [-0.2, 0) is 39.5 Å². The van der Waals surface area contributed by atoms with Gasteiger partial charge in [-0.05, 0) is 20.3 Å². The van der Waals surface area contributed by atoms with E-state index in [4.69, 9.17) is 29.9 Å². The molecule has 3 rings (SSSR count). The number of hydrogen-bond donors (Lipinski definition) is 3. The van der Waals surface area contributed by atoms with Crippen LogP contribution in [0.2, 0.25) is 0 Å². The highest BCUT2D eigenvalue weighted by atomic mass is 31.2. The molecule has 0 bridgehead atoms. The van der Waals surface area contributed by atoms with Gasteiger partial charge in [0.1, 0.15) is 24.2 Å². The number of fused-ring (bicyclic) bond motifs is 1. The van der Waals surface area contributed by atoms with E-state index in [9.17, 15) is 18.9 Å². The topological polar surface area (TPSA) is 209 Å². The Hall–Kier alpha value is -3.39. The Balaban J connectivity index is 0.000000493. The summed E-state index contributed by atoms with van der Waals surface area (Å²) in [6, 6.07) is -0.674. The van der Waals surface area contributed by atoms with E-state index in [-0.39, 0.29) is 12.5 Å². The SMILES string of the molecule is COC(=O)[C@H](C)N1CCCO[P@]1(=O)CO[C@H](C)Cn1cnc2c(N)ncnc21.O=C(O)/C=C/C(=O)O. The minimum atomic E-state index is -3.31. The highest BCUT2D eigenvalue weighted by molar-refractivity contribution is 7.56. The van der Waals surface area contributed by atoms with Crippen molar-refractivity contribution in [2.75, 3.05) is 32.3 Å². The van der Waals surface area contributed by atoms with Crippen LogP contribution in [0.5, 0.6) is 0 Å². The second kappa shape index (κ2) is 13.1. The Kier molecular flexibility index (Phi) is 10.5. The first-order valence-corrected chi connectivity index (χ1v) is 12.5. The molecule has 36 heavy (non-hydrogen) atoms. The van der Waals surface area contributed by atoms with Crippen LogP contribution < -0.4 is 5.73 Å². The van der Waals surface area contributed by atoms with Crippen LogP contribution in [0.25, 0.3) is 11.2 Å². The van der Waals surface area contributed by atoms with Gasteiger partial charge in [0.15, 0.2) is 11.5 Å². The first-order valence-electron chi connectivity index (χ1n) is 10.7. The van der Waals surface area contributed by atoms with E-state index < -0.39 is 31.5 Å². The number of carbonyl (C=O) groups is 3. The number of imidazole rings is 1. The number of rotatable bonds is 9. The van der Waals surface area contributed by atoms with Gasteiger partial charge < -0.3 is 34.5 Å². The van der Waals surface area contributed by atoms with Crippen molar-refractivity contribution < 1.29 is 43.2 Å². The van der Waals surface area contributed by atoms with Crippen LogP contribution in [-0.4, -0.2) is 91.1 Å². The molecule has 4 N–H and O–H groups in total. The second-order valence-electron chi connectivity index (χ2n) is 7.63. The number of nitrogen functional groups attached to an aromatic ring is 1. The molecule has 2 aromatic rings. The predicted molar refractivity (Wildman–Crippen MR) is 126 cm³/mol. The maximum atomic E-state index is 13.3. The molecule has 1 aliphatic rings. The van der Waals surface area contributed by atoms with Gasteiger partial charge in [-0.2, -0.15) is 0 Å². The molecule has 0 saturated carbocycles. The molecular formula is C20H29N6O9P. The number of aromatic nitrogens is 4. The lowest BCUT2D eigenvalue weighted by molar-refractivity contribution is -0.145. The van der Waals surface area contributed by atoms with Crippen LogP contribution in [0.15, 0.2) is 24.8 Å². The van der Waals surface area contributed by atoms with Crippen molar-refractivity contribution in [3.05, 3.63) is 24.8 Å². The number of carboxylic acids is 2. The summed E-state index contributed by atoms with van der Waals surface area (Å²) in [5.74, 6) is -2.66. The van der Waals surface area contributed by atoms with Crippen LogP contribution in [0.4, 0.5) is 5.82 Å². The zero-order valence-electron chi connectivity index (χ0n) is 20.0. The van der Waals surface area contributed by atoms with E-state index in [0.29, 0.717) is 55.3 Å². The van der Waals surface area contributed by atoms with Gasteiger partial charge >= 0.3 is 17.9 Å². The second-order valence-corrected chi connectivity index (χ2v) is 9.94. The number of carboxylic acid groups (broad SMARTS) is 2. The highest BCUT2D eigenvalue weighted by Gasteiger charge is 2.41. The van der Waals surface area contributed by atoms with Crippen LogP contribution in [0.3, 0.4) is 0 Å². The highest BCUT2D eigenvalue weighted by Crippen LogP contribution is 2.54. The molecule has 1 fully saturated rings. The number of hydrogen-bond acceptors (Lipinski definition) is 11. The van der Waals surface area contributed by atoms with E-state index >= 15 is 0 Å². The van der Waals surface area contributed by atoms with Gasteiger partial charge in [-0.3, -0.25) is 9.36 Å². The van der Waals surface area contributed by atoms with Crippen molar-refractivity contribution in [2.45, 2.75) is 39.0 Å². The van der Waals surface area contributed by atoms with Crippen LogP contribution in [0.1, 0.15) is 20.3 Å². The number of aliphatic carboxylic acids is 2. The Morgan fingerprint density at radius 1 is 1.22 bits per heavy atom. The molecular weight excluding hydrogens is 499 g/mol. The van der Waals surface area contributed by atoms with Crippen molar-refractivity contribution in [3.63, 3.8) is 0 Å². The molecule has 1 aliphatic heterocycles. The molecule has 3 atom stereocenters. The molecule has 0 spiro atoms. The molecule has 3 heterocycles. The number of esters is 1. The van der Waals surface area contributed by atoms with Gasteiger partial charge in [-0.1, -0.05) is 0 Å². The van der Waals surface area contributed by atoms with Gasteiger partial charge in [-0.15, -0.1) is 0 Å². The quantitative estimate of drug-likeness (QED) is 0.235. The molecule has 16 heteroatoms. The summed E-state index contributed by atoms with van der Waals surface area (Å²) >= 11 is 0. The average molecular weight is 528 g/mol. The van der Waals surface area contributed by atoms with Gasteiger partial charge in [-0.25, -0.2) is 29.2 Å². The van der Waals surface area contributed by atoms with E-state index in [0.717, 1.165) is 0 Å². The minimum Gasteiger partial charge on any atom is -0.478 e. The van der Waals surface area contributed by atoms with Gasteiger partial charge in [0, 0.05) is 18.7 Å². The van der Waals surface area contributed by atoms with E-state index in [1.54, 1.807) is 22.5 Å². The molecule has 15 nitrogen and oxygen atoms in total. The van der Waals surface area contributed by atoms with E-state index in [2.05, 4.69) is 15.0 Å². The monoisotopic (exact) mass is 528 g/mol. The maximum Gasteiger partial charge on any atom is 0.328 e. The zero-order chi connectivity index (χ0) is 26.9. The lowest BCUT2D eigenvalue weighted by Crippen LogP contribution is -2.42. The molecule has 0 aliphatic carbocycles. The molecule has 0 radical (unpaired) electrons. The lowest BCUT2D eigenvalue weighted by atomic mass is 10.3. The fourth-order valence-corrected chi connectivity index (χ4v) is 5.54. The van der Waals surface area contributed by atoms with Crippen molar-refractivity contribution in [2.24, 2.45) is 0 Å². The summed E-state index contributed by atoms with van der Waals surface area (Å²) in [6.07, 6.45) is 4.36. The number of nitrogens with zero attached hydrogens (tertiary/aromatic N) is 5. The largest absolute Gasteiger partial charge is 0.478 e. The Morgan fingerprint density at radius 3 is 2.50 bits per heavy atom. The van der Waals surface area contributed by atoms with Crippen LogP contribution in [0, 0.1) is 0 Å². The fourth-order valence-electron chi connectivity index (χ4n) is 3.25.